The maximum atomic E-state index is 13.8. The van der Waals surface area contributed by atoms with Crippen LogP contribution >= 0.6 is 11.8 Å². The molecule has 0 radical (unpaired) electrons. The number of benzene rings is 3. The van der Waals surface area contributed by atoms with Crippen LogP contribution in [0.5, 0.6) is 5.75 Å². The molecule has 34 heavy (non-hydrogen) atoms. The van der Waals surface area contributed by atoms with Gasteiger partial charge in [-0.25, -0.2) is 0 Å². The standard InChI is InChI=1S/C26H28F3NO3S/c27-26(28,29)24-15-23(12-11-20(24)8-5-13-25(30,17-31)18-32)34-22-10-4-9-21(14-22)33-16-19-6-2-1-3-7-19/h1-4,6-7,9-12,14-15,31-32H,5,8,13,16-18,30H2. The van der Waals surface area contributed by atoms with Crippen LogP contribution in [0.4, 0.5) is 13.2 Å². The summed E-state index contributed by atoms with van der Waals surface area (Å²) in [6, 6.07) is 21.3. The van der Waals surface area contributed by atoms with Crippen molar-refractivity contribution in [1.29, 1.82) is 0 Å². The molecule has 3 aromatic carbocycles. The normalized spacial score (nSPS) is 12.1. The molecule has 4 N–H and O–H groups in total. The van der Waals surface area contributed by atoms with Crippen LogP contribution in [0, 0.1) is 0 Å². The largest absolute Gasteiger partial charge is 0.489 e. The first-order chi connectivity index (χ1) is 16.2. The fraction of sp³-hybridized carbons (Fsp3) is 0.308. The highest BCUT2D eigenvalue weighted by molar-refractivity contribution is 7.99. The first-order valence-corrected chi connectivity index (χ1v) is 11.7. The molecule has 0 aliphatic rings. The van der Waals surface area contributed by atoms with E-state index in [9.17, 15) is 23.4 Å². The van der Waals surface area contributed by atoms with Crippen molar-refractivity contribution in [3.8, 4) is 5.75 Å². The SMILES string of the molecule is NC(CO)(CO)CCCc1ccc(Sc2cccc(OCc3ccccc3)c2)cc1C(F)(F)F. The molecule has 0 spiro atoms. The Balaban J connectivity index is 1.70. The molecule has 3 rings (SSSR count). The van der Waals surface area contributed by atoms with Gasteiger partial charge in [0, 0.05) is 9.79 Å². The first-order valence-electron chi connectivity index (χ1n) is 10.9. The zero-order valence-electron chi connectivity index (χ0n) is 18.6. The molecule has 0 aliphatic heterocycles. The summed E-state index contributed by atoms with van der Waals surface area (Å²) in [4.78, 5) is 1.24. The van der Waals surface area contributed by atoms with E-state index in [0.29, 0.717) is 23.7 Å². The van der Waals surface area contributed by atoms with Crippen LogP contribution in [0.3, 0.4) is 0 Å². The highest BCUT2D eigenvalue weighted by Gasteiger charge is 2.33. The van der Waals surface area contributed by atoms with Crippen LogP contribution < -0.4 is 10.5 Å². The Kier molecular flexibility index (Phi) is 9.02. The average molecular weight is 492 g/mol. The number of halogens is 3. The van der Waals surface area contributed by atoms with Gasteiger partial charge in [0.15, 0.2) is 0 Å². The Bertz CT molecular complexity index is 1060. The van der Waals surface area contributed by atoms with E-state index in [1.807, 2.05) is 48.5 Å². The van der Waals surface area contributed by atoms with E-state index in [-0.39, 0.29) is 18.4 Å². The molecule has 0 bridgehead atoms. The second-order valence-electron chi connectivity index (χ2n) is 8.20. The molecule has 0 atom stereocenters. The van der Waals surface area contributed by atoms with Gasteiger partial charge in [-0.15, -0.1) is 0 Å². The minimum Gasteiger partial charge on any atom is -0.489 e. The lowest BCUT2D eigenvalue weighted by molar-refractivity contribution is -0.138. The number of hydrogen-bond acceptors (Lipinski definition) is 5. The number of ether oxygens (including phenoxy) is 1. The summed E-state index contributed by atoms with van der Waals surface area (Å²) >= 11 is 1.23. The van der Waals surface area contributed by atoms with Crippen molar-refractivity contribution in [2.75, 3.05) is 13.2 Å². The monoisotopic (exact) mass is 491 g/mol. The molecule has 182 valence electrons. The van der Waals surface area contributed by atoms with Crippen molar-refractivity contribution < 1.29 is 28.1 Å². The van der Waals surface area contributed by atoms with E-state index in [1.165, 1.54) is 17.8 Å². The summed E-state index contributed by atoms with van der Waals surface area (Å²) in [6.45, 7) is -0.461. The third-order valence-corrected chi connectivity index (χ3v) is 6.41. The van der Waals surface area contributed by atoms with Crippen LogP contribution in [0.1, 0.15) is 29.5 Å². The Morgan fingerprint density at radius 1 is 0.853 bits per heavy atom. The Hall–Kier alpha value is -2.52. The predicted molar refractivity (Wildman–Crippen MR) is 127 cm³/mol. The van der Waals surface area contributed by atoms with E-state index < -0.39 is 30.5 Å². The van der Waals surface area contributed by atoms with Gasteiger partial charge in [-0.1, -0.05) is 54.2 Å². The number of rotatable bonds is 11. The third kappa shape index (κ3) is 7.50. The minimum atomic E-state index is -4.50. The van der Waals surface area contributed by atoms with Gasteiger partial charge < -0.3 is 20.7 Å². The van der Waals surface area contributed by atoms with Crippen molar-refractivity contribution in [3.63, 3.8) is 0 Å². The van der Waals surface area contributed by atoms with Gasteiger partial charge in [-0.05, 0) is 60.7 Å². The molecule has 0 aromatic heterocycles. The zero-order chi connectivity index (χ0) is 24.6. The minimum absolute atomic E-state index is 0.140. The molecule has 0 amide bonds. The number of hydrogen-bond donors (Lipinski definition) is 3. The van der Waals surface area contributed by atoms with Gasteiger partial charge in [-0.3, -0.25) is 0 Å². The van der Waals surface area contributed by atoms with Gasteiger partial charge in [0.25, 0.3) is 0 Å². The Morgan fingerprint density at radius 3 is 2.24 bits per heavy atom. The Morgan fingerprint density at radius 2 is 1.56 bits per heavy atom. The van der Waals surface area contributed by atoms with Crippen LogP contribution in [0.25, 0.3) is 0 Å². The van der Waals surface area contributed by atoms with Gasteiger partial charge in [0.2, 0.25) is 0 Å². The smallest absolute Gasteiger partial charge is 0.416 e. The number of aliphatic hydroxyl groups excluding tert-OH is 2. The van der Waals surface area contributed by atoms with Crippen LogP contribution in [-0.4, -0.2) is 29.0 Å². The second-order valence-corrected chi connectivity index (χ2v) is 9.35. The molecule has 0 saturated carbocycles. The number of aryl methyl sites for hydroxylation is 1. The summed E-state index contributed by atoms with van der Waals surface area (Å²) in [5, 5.41) is 18.6. The van der Waals surface area contributed by atoms with Crippen molar-refractivity contribution in [3.05, 3.63) is 89.5 Å². The number of alkyl halides is 3. The molecule has 0 saturated heterocycles. The van der Waals surface area contributed by atoms with E-state index >= 15 is 0 Å². The predicted octanol–water partition coefficient (Wildman–Crippen LogP) is 5.44. The lowest BCUT2D eigenvalue weighted by Gasteiger charge is -2.24. The van der Waals surface area contributed by atoms with E-state index in [2.05, 4.69) is 0 Å². The van der Waals surface area contributed by atoms with Crippen molar-refractivity contribution in [2.45, 2.75) is 47.4 Å². The van der Waals surface area contributed by atoms with Crippen molar-refractivity contribution in [1.82, 2.24) is 0 Å². The Labute approximate surface area is 201 Å². The number of aliphatic hydroxyl groups is 2. The van der Waals surface area contributed by atoms with Gasteiger partial charge >= 0.3 is 6.18 Å². The molecule has 0 aliphatic carbocycles. The summed E-state index contributed by atoms with van der Waals surface area (Å²) in [7, 11) is 0. The lowest BCUT2D eigenvalue weighted by Crippen LogP contribution is -2.47. The number of nitrogens with two attached hydrogens (primary N) is 1. The molecular weight excluding hydrogens is 463 g/mol. The highest BCUT2D eigenvalue weighted by atomic mass is 32.2. The molecule has 0 fully saturated rings. The lowest BCUT2D eigenvalue weighted by atomic mass is 9.93. The van der Waals surface area contributed by atoms with Gasteiger partial charge in [-0.2, -0.15) is 13.2 Å². The van der Waals surface area contributed by atoms with E-state index in [0.717, 1.165) is 16.5 Å². The molecule has 0 heterocycles. The average Bonchev–Trinajstić information content (AvgIpc) is 2.83. The summed E-state index contributed by atoms with van der Waals surface area (Å²) < 4.78 is 47.1. The van der Waals surface area contributed by atoms with Crippen LogP contribution in [0.15, 0.2) is 82.6 Å². The molecule has 8 heteroatoms. The summed E-state index contributed by atoms with van der Waals surface area (Å²) in [5.74, 6) is 0.638. The molecule has 4 nitrogen and oxygen atoms in total. The van der Waals surface area contributed by atoms with Crippen LogP contribution in [-0.2, 0) is 19.2 Å². The third-order valence-electron chi connectivity index (χ3n) is 5.43. The van der Waals surface area contributed by atoms with Crippen LogP contribution in [0.2, 0.25) is 0 Å². The fourth-order valence-electron chi connectivity index (χ4n) is 3.44. The van der Waals surface area contributed by atoms with E-state index in [1.54, 1.807) is 12.1 Å². The maximum Gasteiger partial charge on any atom is 0.416 e. The van der Waals surface area contributed by atoms with E-state index in [4.69, 9.17) is 10.5 Å². The molecular formula is C26H28F3NO3S. The van der Waals surface area contributed by atoms with Gasteiger partial charge in [0.1, 0.15) is 12.4 Å². The maximum absolute atomic E-state index is 13.8. The fourth-order valence-corrected chi connectivity index (χ4v) is 4.35. The van der Waals surface area contributed by atoms with Gasteiger partial charge in [0.05, 0.1) is 24.3 Å². The first kappa shape index (κ1) is 26.1. The molecule has 0 unspecified atom stereocenters. The summed E-state index contributed by atoms with van der Waals surface area (Å²) in [5.41, 5.74) is 5.13. The quantitative estimate of drug-likeness (QED) is 0.333. The second kappa shape index (κ2) is 11.8. The zero-order valence-corrected chi connectivity index (χ0v) is 19.4. The van der Waals surface area contributed by atoms with Crippen molar-refractivity contribution >= 4 is 11.8 Å². The van der Waals surface area contributed by atoms with Crippen molar-refractivity contribution in [2.24, 2.45) is 5.73 Å². The molecule has 3 aromatic rings. The highest BCUT2D eigenvalue weighted by Crippen LogP contribution is 2.38. The topological polar surface area (TPSA) is 75.7 Å². The summed E-state index contributed by atoms with van der Waals surface area (Å²) in [6.07, 6.45) is -3.83.